The van der Waals surface area contributed by atoms with Gasteiger partial charge in [-0.25, -0.2) is 0 Å². The Balaban J connectivity index is 2.39. The quantitative estimate of drug-likeness (QED) is 0.311. The van der Waals surface area contributed by atoms with Gasteiger partial charge in [0.15, 0.2) is 5.92 Å². The molecule has 9 heteroatoms. The molecule has 0 spiro atoms. The van der Waals surface area contributed by atoms with Crippen molar-refractivity contribution in [3.63, 3.8) is 0 Å². The first kappa shape index (κ1) is 21.5. The van der Waals surface area contributed by atoms with Crippen LogP contribution < -0.4 is 5.32 Å². The maximum absolute atomic E-state index is 13.0. The van der Waals surface area contributed by atoms with Crippen molar-refractivity contribution in [3.05, 3.63) is 75.8 Å². The van der Waals surface area contributed by atoms with Gasteiger partial charge in [-0.15, -0.1) is 0 Å². The molecule has 0 aliphatic rings. The van der Waals surface area contributed by atoms with E-state index in [1.807, 2.05) is 6.07 Å². The molecule has 0 radical (unpaired) electrons. The Kier molecular flexibility index (Phi) is 7.41. The lowest BCUT2D eigenvalue weighted by molar-refractivity contribution is -0.384. The van der Waals surface area contributed by atoms with Gasteiger partial charge in [-0.1, -0.05) is 42.5 Å². The Hall–Kier alpha value is -3.75. The summed E-state index contributed by atoms with van der Waals surface area (Å²) in [6.45, 7) is 0.165. The molecule has 2 aromatic carbocycles. The summed E-state index contributed by atoms with van der Waals surface area (Å²) < 4.78 is 9.37. The van der Waals surface area contributed by atoms with Gasteiger partial charge in [-0.2, -0.15) is 0 Å². The maximum atomic E-state index is 13.0. The molecule has 0 heterocycles. The molecule has 1 unspecified atom stereocenters. The first-order valence-electron chi connectivity index (χ1n) is 8.60. The van der Waals surface area contributed by atoms with Gasteiger partial charge in [0.1, 0.15) is 0 Å². The number of esters is 2. The average molecular weight is 400 g/mol. The largest absolute Gasteiger partial charge is 0.468 e. The van der Waals surface area contributed by atoms with E-state index >= 15 is 0 Å². The molecule has 0 aliphatic heterocycles. The summed E-state index contributed by atoms with van der Waals surface area (Å²) in [4.78, 5) is 47.8. The van der Waals surface area contributed by atoms with E-state index in [1.165, 1.54) is 24.3 Å². The van der Waals surface area contributed by atoms with Crippen molar-refractivity contribution in [2.75, 3.05) is 14.2 Å². The predicted molar refractivity (Wildman–Crippen MR) is 102 cm³/mol. The smallest absolute Gasteiger partial charge is 0.321 e. The van der Waals surface area contributed by atoms with Gasteiger partial charge < -0.3 is 14.8 Å². The summed E-state index contributed by atoms with van der Waals surface area (Å²) in [5.41, 5.74) is 0.864. The minimum absolute atomic E-state index is 0.165. The van der Waals surface area contributed by atoms with Gasteiger partial charge in [0, 0.05) is 18.7 Å². The fourth-order valence-electron chi connectivity index (χ4n) is 2.82. The van der Waals surface area contributed by atoms with Gasteiger partial charge in [0.25, 0.3) is 5.69 Å². The maximum Gasteiger partial charge on any atom is 0.321 e. The van der Waals surface area contributed by atoms with Crippen LogP contribution in [0.4, 0.5) is 5.69 Å². The molecule has 0 aromatic heterocycles. The Bertz CT molecular complexity index is 865. The van der Waals surface area contributed by atoms with E-state index in [0.717, 1.165) is 19.8 Å². The van der Waals surface area contributed by atoms with Crippen LogP contribution in [0, 0.1) is 16.0 Å². The van der Waals surface area contributed by atoms with Crippen LogP contribution in [0.3, 0.4) is 0 Å². The van der Waals surface area contributed by atoms with E-state index in [4.69, 9.17) is 0 Å². The van der Waals surface area contributed by atoms with Crippen molar-refractivity contribution >= 4 is 23.5 Å². The first-order valence-corrected chi connectivity index (χ1v) is 8.60. The van der Waals surface area contributed by atoms with Crippen LogP contribution in [0.5, 0.6) is 0 Å². The number of methoxy groups -OCH3 is 2. The number of carbonyl (C=O) groups excluding carboxylic acids is 3. The van der Waals surface area contributed by atoms with Gasteiger partial charge in [-0.05, 0) is 11.1 Å². The van der Waals surface area contributed by atoms with Crippen molar-refractivity contribution in [2.24, 2.45) is 5.92 Å². The number of hydrogen-bond acceptors (Lipinski definition) is 7. The Morgan fingerprint density at radius 2 is 1.52 bits per heavy atom. The number of nitrogens with one attached hydrogen (secondary N) is 1. The highest BCUT2D eigenvalue weighted by molar-refractivity contribution is 6.02. The molecule has 2 aromatic rings. The summed E-state index contributed by atoms with van der Waals surface area (Å²) in [5, 5.41) is 13.6. The molecule has 29 heavy (non-hydrogen) atoms. The van der Waals surface area contributed by atoms with E-state index in [0.29, 0.717) is 0 Å². The lowest BCUT2D eigenvalue weighted by Gasteiger charge is -2.23. The van der Waals surface area contributed by atoms with Crippen molar-refractivity contribution in [2.45, 2.75) is 12.5 Å². The number of amides is 1. The molecule has 1 N–H and O–H groups in total. The second-order valence-electron chi connectivity index (χ2n) is 6.05. The summed E-state index contributed by atoms with van der Waals surface area (Å²) in [5.74, 6) is -5.38. The Morgan fingerprint density at radius 1 is 0.966 bits per heavy atom. The Labute approximate surface area is 166 Å². The molecular formula is C20H20N2O7. The standard InChI is InChI=1S/C20H20N2O7/c1-28-19(24)17(20(25)29-2)16(14-8-10-15(11-9-14)22(26)27)18(23)21-12-13-6-4-3-5-7-13/h3-11,16-17H,12H2,1-2H3,(H,21,23). The van der Waals surface area contributed by atoms with E-state index in [-0.39, 0.29) is 17.8 Å². The Morgan fingerprint density at radius 3 is 2.00 bits per heavy atom. The highest BCUT2D eigenvalue weighted by Gasteiger charge is 2.42. The van der Waals surface area contributed by atoms with Crippen molar-refractivity contribution in [1.82, 2.24) is 5.32 Å². The molecule has 1 amide bonds. The molecule has 152 valence electrons. The van der Waals surface area contributed by atoms with Gasteiger partial charge >= 0.3 is 11.9 Å². The third-order valence-corrected chi connectivity index (χ3v) is 4.30. The van der Waals surface area contributed by atoms with Crippen molar-refractivity contribution < 1.29 is 28.8 Å². The fraction of sp³-hybridized carbons (Fsp3) is 0.250. The third kappa shape index (κ3) is 5.38. The minimum atomic E-state index is -1.57. The van der Waals surface area contributed by atoms with E-state index in [2.05, 4.69) is 14.8 Å². The lowest BCUT2D eigenvalue weighted by Crippen LogP contribution is -2.41. The second-order valence-corrected chi connectivity index (χ2v) is 6.05. The third-order valence-electron chi connectivity index (χ3n) is 4.30. The second kappa shape index (κ2) is 9.98. The van der Waals surface area contributed by atoms with Gasteiger partial charge in [0.2, 0.25) is 5.91 Å². The molecule has 2 rings (SSSR count). The van der Waals surface area contributed by atoms with Crippen molar-refractivity contribution in [1.29, 1.82) is 0 Å². The monoisotopic (exact) mass is 400 g/mol. The molecule has 0 fully saturated rings. The van der Waals surface area contributed by atoms with Crippen LogP contribution in [0.25, 0.3) is 0 Å². The SMILES string of the molecule is COC(=O)C(C(=O)OC)C(C(=O)NCc1ccccc1)c1ccc([N+](=O)[O-])cc1. The summed E-state index contributed by atoms with van der Waals surface area (Å²) in [7, 11) is 2.18. The predicted octanol–water partition coefficient (Wildman–Crippen LogP) is 1.96. The number of nitrogens with zero attached hydrogens (tertiary/aromatic N) is 1. The number of carbonyl (C=O) groups is 3. The number of hydrogen-bond donors (Lipinski definition) is 1. The zero-order valence-electron chi connectivity index (χ0n) is 15.9. The van der Waals surface area contributed by atoms with E-state index in [1.54, 1.807) is 24.3 Å². The van der Waals surface area contributed by atoms with E-state index < -0.39 is 34.6 Å². The summed E-state index contributed by atoms with van der Waals surface area (Å²) in [6.07, 6.45) is 0. The molecule has 9 nitrogen and oxygen atoms in total. The average Bonchev–Trinajstić information content (AvgIpc) is 2.75. The number of nitro groups is 1. The molecular weight excluding hydrogens is 380 g/mol. The van der Waals surface area contributed by atoms with E-state index in [9.17, 15) is 24.5 Å². The van der Waals surface area contributed by atoms with Crippen LogP contribution in [0.1, 0.15) is 17.0 Å². The van der Waals surface area contributed by atoms with Crippen LogP contribution in [0.15, 0.2) is 54.6 Å². The van der Waals surface area contributed by atoms with Crippen LogP contribution in [-0.4, -0.2) is 37.0 Å². The van der Waals surface area contributed by atoms with Crippen LogP contribution in [0.2, 0.25) is 0 Å². The lowest BCUT2D eigenvalue weighted by atomic mass is 9.84. The zero-order chi connectivity index (χ0) is 21.4. The van der Waals surface area contributed by atoms with Crippen LogP contribution in [-0.2, 0) is 30.4 Å². The number of nitro benzene ring substituents is 1. The van der Waals surface area contributed by atoms with Crippen molar-refractivity contribution in [3.8, 4) is 0 Å². The highest BCUT2D eigenvalue weighted by Crippen LogP contribution is 2.29. The topological polar surface area (TPSA) is 125 Å². The normalized spacial score (nSPS) is 11.4. The number of non-ortho nitro benzene ring substituents is 1. The zero-order valence-corrected chi connectivity index (χ0v) is 15.9. The summed E-state index contributed by atoms with van der Waals surface area (Å²) >= 11 is 0. The van der Waals surface area contributed by atoms with Gasteiger partial charge in [0.05, 0.1) is 25.1 Å². The molecule has 0 saturated carbocycles. The number of benzene rings is 2. The molecule has 0 saturated heterocycles. The highest BCUT2D eigenvalue weighted by atomic mass is 16.6. The first-order chi connectivity index (χ1) is 13.9. The molecule has 0 aliphatic carbocycles. The number of ether oxygens (including phenoxy) is 2. The summed E-state index contributed by atoms with van der Waals surface area (Å²) in [6, 6.07) is 14.1. The minimum Gasteiger partial charge on any atom is -0.468 e. The fourth-order valence-corrected chi connectivity index (χ4v) is 2.82. The van der Waals surface area contributed by atoms with Crippen LogP contribution >= 0.6 is 0 Å². The van der Waals surface area contributed by atoms with Gasteiger partial charge in [-0.3, -0.25) is 24.5 Å². The number of rotatable bonds is 8. The molecule has 0 bridgehead atoms. The molecule has 1 atom stereocenters.